The lowest BCUT2D eigenvalue weighted by Crippen LogP contribution is -2.06. The molecule has 0 spiro atoms. The summed E-state index contributed by atoms with van der Waals surface area (Å²) in [5.74, 6) is 0.605. The highest BCUT2D eigenvalue weighted by atomic mass is 16.5. The smallest absolute Gasteiger partial charge is 0.333 e. The van der Waals surface area contributed by atoms with E-state index in [0.717, 1.165) is 18.8 Å². The fourth-order valence-corrected chi connectivity index (χ4v) is 1.62. The maximum Gasteiger partial charge on any atom is 0.333 e. The zero-order chi connectivity index (χ0) is 13.1. The predicted molar refractivity (Wildman–Crippen MR) is 72.9 cm³/mol. The summed E-state index contributed by atoms with van der Waals surface area (Å²) >= 11 is 0. The lowest BCUT2D eigenvalue weighted by atomic mass is 10.0. The van der Waals surface area contributed by atoms with E-state index in [1.165, 1.54) is 32.1 Å². The van der Waals surface area contributed by atoms with E-state index in [1.54, 1.807) is 6.92 Å². The fourth-order valence-electron chi connectivity index (χ4n) is 1.62. The van der Waals surface area contributed by atoms with Crippen LogP contribution in [0.5, 0.6) is 0 Å². The van der Waals surface area contributed by atoms with Crippen molar-refractivity contribution in [2.45, 2.75) is 65.7 Å². The van der Waals surface area contributed by atoms with Crippen molar-refractivity contribution in [3.8, 4) is 0 Å². The molecule has 0 amide bonds. The zero-order valence-corrected chi connectivity index (χ0v) is 11.8. The molecule has 0 bridgehead atoms. The maximum absolute atomic E-state index is 11.1. The van der Waals surface area contributed by atoms with E-state index >= 15 is 0 Å². The molecule has 0 saturated heterocycles. The summed E-state index contributed by atoms with van der Waals surface area (Å²) in [6.07, 6.45) is 8.66. The first-order valence-electron chi connectivity index (χ1n) is 6.90. The van der Waals surface area contributed by atoms with Gasteiger partial charge in [-0.1, -0.05) is 59.0 Å². The lowest BCUT2D eigenvalue weighted by Gasteiger charge is -2.07. The lowest BCUT2D eigenvalue weighted by molar-refractivity contribution is -0.139. The van der Waals surface area contributed by atoms with Gasteiger partial charge in [0.05, 0.1) is 6.61 Å². The van der Waals surface area contributed by atoms with Gasteiger partial charge in [-0.15, -0.1) is 0 Å². The highest BCUT2D eigenvalue weighted by molar-refractivity contribution is 5.86. The molecule has 0 aliphatic heterocycles. The van der Waals surface area contributed by atoms with Crippen LogP contribution in [0.2, 0.25) is 0 Å². The van der Waals surface area contributed by atoms with Crippen molar-refractivity contribution >= 4 is 5.97 Å². The van der Waals surface area contributed by atoms with Crippen molar-refractivity contribution in [3.63, 3.8) is 0 Å². The van der Waals surface area contributed by atoms with Crippen LogP contribution in [0.3, 0.4) is 0 Å². The number of rotatable bonds is 10. The molecule has 0 heterocycles. The van der Waals surface area contributed by atoms with E-state index in [4.69, 9.17) is 4.74 Å². The molecule has 1 unspecified atom stereocenters. The molecular formula is C15H28O2. The largest absolute Gasteiger partial charge is 0.462 e. The maximum atomic E-state index is 11.1. The highest BCUT2D eigenvalue weighted by Crippen LogP contribution is 2.13. The number of unbranched alkanes of at least 4 members (excludes halogenated alkanes) is 4. The van der Waals surface area contributed by atoms with Crippen LogP contribution in [-0.4, -0.2) is 12.6 Å². The molecule has 0 rings (SSSR count). The standard InChI is InChI=1S/C15H28O2/c1-5-14(4)11-9-7-6-8-10-12-17-15(16)13(2)3/h14H,2,5-12H2,1,3-4H3. The van der Waals surface area contributed by atoms with E-state index in [1.807, 2.05) is 0 Å². The van der Waals surface area contributed by atoms with Gasteiger partial charge in [-0.2, -0.15) is 0 Å². The minimum absolute atomic E-state index is 0.262. The van der Waals surface area contributed by atoms with E-state index in [9.17, 15) is 4.79 Å². The molecule has 0 N–H and O–H groups in total. The Hall–Kier alpha value is -0.790. The second kappa shape index (κ2) is 10.4. The van der Waals surface area contributed by atoms with Gasteiger partial charge < -0.3 is 4.74 Å². The van der Waals surface area contributed by atoms with Crippen molar-refractivity contribution in [1.82, 2.24) is 0 Å². The number of carbonyl (C=O) groups excluding carboxylic acids is 1. The quantitative estimate of drug-likeness (QED) is 0.319. The molecule has 0 aliphatic carbocycles. The molecule has 0 fully saturated rings. The third-order valence-electron chi connectivity index (χ3n) is 3.12. The molecule has 100 valence electrons. The summed E-state index contributed by atoms with van der Waals surface area (Å²) in [6.45, 7) is 10.3. The number of esters is 1. The first-order valence-corrected chi connectivity index (χ1v) is 6.90. The number of carbonyl (C=O) groups is 1. The molecule has 0 aliphatic rings. The minimum Gasteiger partial charge on any atom is -0.462 e. The van der Waals surface area contributed by atoms with E-state index in [-0.39, 0.29) is 5.97 Å². The molecule has 0 aromatic carbocycles. The van der Waals surface area contributed by atoms with Crippen LogP contribution in [-0.2, 0) is 9.53 Å². The highest BCUT2D eigenvalue weighted by Gasteiger charge is 2.02. The molecule has 2 heteroatoms. The number of ether oxygens (including phenoxy) is 1. The molecule has 0 radical (unpaired) electrons. The van der Waals surface area contributed by atoms with Crippen LogP contribution < -0.4 is 0 Å². The van der Waals surface area contributed by atoms with Crippen molar-refractivity contribution in [2.75, 3.05) is 6.61 Å². The van der Waals surface area contributed by atoms with Crippen LogP contribution >= 0.6 is 0 Å². The molecular weight excluding hydrogens is 212 g/mol. The van der Waals surface area contributed by atoms with Gasteiger partial charge in [0.1, 0.15) is 0 Å². The van der Waals surface area contributed by atoms with Crippen LogP contribution in [0.25, 0.3) is 0 Å². The van der Waals surface area contributed by atoms with E-state index < -0.39 is 0 Å². The Kier molecular flexibility index (Phi) is 9.89. The Labute approximate surface area is 106 Å². The topological polar surface area (TPSA) is 26.3 Å². The molecule has 1 atom stereocenters. The summed E-state index contributed by atoms with van der Waals surface area (Å²) < 4.78 is 5.03. The zero-order valence-electron chi connectivity index (χ0n) is 11.8. The third kappa shape index (κ3) is 10.1. The van der Waals surface area contributed by atoms with Gasteiger partial charge in [0, 0.05) is 5.57 Å². The first-order chi connectivity index (χ1) is 8.07. The van der Waals surface area contributed by atoms with Crippen LogP contribution in [0.1, 0.15) is 65.7 Å². The molecule has 0 saturated carbocycles. The van der Waals surface area contributed by atoms with Crippen molar-refractivity contribution in [2.24, 2.45) is 5.92 Å². The van der Waals surface area contributed by atoms with E-state index in [0.29, 0.717) is 12.2 Å². The van der Waals surface area contributed by atoms with Gasteiger partial charge in [-0.05, 0) is 19.3 Å². The number of hydrogen-bond acceptors (Lipinski definition) is 2. The molecule has 2 nitrogen and oxygen atoms in total. The van der Waals surface area contributed by atoms with Gasteiger partial charge in [0.15, 0.2) is 0 Å². The average molecular weight is 240 g/mol. The Bertz CT molecular complexity index is 221. The fraction of sp³-hybridized carbons (Fsp3) is 0.800. The van der Waals surface area contributed by atoms with Gasteiger partial charge in [0.2, 0.25) is 0 Å². The summed E-state index contributed by atoms with van der Waals surface area (Å²) in [6, 6.07) is 0. The minimum atomic E-state index is -0.262. The second-order valence-corrected chi connectivity index (χ2v) is 4.99. The normalized spacial score (nSPS) is 12.2. The van der Waals surface area contributed by atoms with Crippen molar-refractivity contribution in [3.05, 3.63) is 12.2 Å². The van der Waals surface area contributed by atoms with Crippen LogP contribution in [0.15, 0.2) is 12.2 Å². The Morgan fingerprint density at radius 3 is 2.35 bits per heavy atom. The first kappa shape index (κ1) is 16.2. The van der Waals surface area contributed by atoms with Crippen molar-refractivity contribution < 1.29 is 9.53 Å². The second-order valence-electron chi connectivity index (χ2n) is 4.99. The third-order valence-corrected chi connectivity index (χ3v) is 3.12. The molecule has 17 heavy (non-hydrogen) atoms. The number of hydrogen-bond donors (Lipinski definition) is 0. The molecule has 0 aromatic heterocycles. The summed E-state index contributed by atoms with van der Waals surface area (Å²) in [4.78, 5) is 11.1. The van der Waals surface area contributed by atoms with Gasteiger partial charge in [-0.25, -0.2) is 4.79 Å². The van der Waals surface area contributed by atoms with Gasteiger partial charge in [0.25, 0.3) is 0 Å². The Balaban J connectivity index is 3.19. The summed E-state index contributed by atoms with van der Waals surface area (Å²) in [7, 11) is 0. The van der Waals surface area contributed by atoms with Crippen molar-refractivity contribution in [1.29, 1.82) is 0 Å². The van der Waals surface area contributed by atoms with Gasteiger partial charge >= 0.3 is 5.97 Å². The Morgan fingerprint density at radius 2 is 1.76 bits per heavy atom. The SMILES string of the molecule is C=C(C)C(=O)OCCCCCCCC(C)CC. The van der Waals surface area contributed by atoms with Crippen LogP contribution in [0, 0.1) is 5.92 Å². The summed E-state index contributed by atoms with van der Waals surface area (Å²) in [5.41, 5.74) is 0.485. The van der Waals surface area contributed by atoms with Gasteiger partial charge in [-0.3, -0.25) is 0 Å². The van der Waals surface area contributed by atoms with Crippen LogP contribution in [0.4, 0.5) is 0 Å². The van der Waals surface area contributed by atoms with E-state index in [2.05, 4.69) is 20.4 Å². The monoisotopic (exact) mass is 240 g/mol. The predicted octanol–water partition coefficient (Wildman–Crippen LogP) is 4.49. The average Bonchev–Trinajstić information content (AvgIpc) is 2.31. The Morgan fingerprint density at radius 1 is 1.18 bits per heavy atom. The molecule has 0 aromatic rings. The summed E-state index contributed by atoms with van der Waals surface area (Å²) in [5, 5.41) is 0.